The maximum absolute atomic E-state index is 11.5. The van der Waals surface area contributed by atoms with Crippen molar-refractivity contribution < 1.29 is 13.2 Å². The number of nitrogens with zero attached hydrogens (tertiary/aromatic N) is 3. The quantitative estimate of drug-likeness (QED) is 0.690. The van der Waals surface area contributed by atoms with E-state index in [1.165, 1.54) is 16.6 Å². The van der Waals surface area contributed by atoms with Crippen molar-refractivity contribution in [2.75, 3.05) is 14.1 Å². The van der Waals surface area contributed by atoms with Gasteiger partial charge in [0.25, 0.3) is 15.9 Å². The zero-order valence-corrected chi connectivity index (χ0v) is 9.45. The summed E-state index contributed by atoms with van der Waals surface area (Å²) in [5.41, 5.74) is 0.170. The van der Waals surface area contributed by atoms with Gasteiger partial charge in [-0.05, 0) is 0 Å². The van der Waals surface area contributed by atoms with Crippen LogP contribution in [0.15, 0.2) is 11.1 Å². The molecule has 0 aromatic carbocycles. The number of sulfonamides is 1. The van der Waals surface area contributed by atoms with Gasteiger partial charge in [0.1, 0.15) is 5.69 Å². The molecule has 0 radical (unpaired) electrons. The number of primary sulfonamides is 1. The zero-order chi connectivity index (χ0) is 11.8. The van der Waals surface area contributed by atoms with E-state index in [4.69, 9.17) is 5.14 Å². The van der Waals surface area contributed by atoms with Crippen LogP contribution in [0.5, 0.6) is 0 Å². The predicted octanol–water partition coefficient (Wildman–Crippen LogP) is -1.23. The Morgan fingerprint density at radius 1 is 1.53 bits per heavy atom. The van der Waals surface area contributed by atoms with Crippen molar-refractivity contribution >= 4 is 15.9 Å². The van der Waals surface area contributed by atoms with Crippen molar-refractivity contribution in [3.63, 3.8) is 0 Å². The number of nitrogens with two attached hydrogens (primary N) is 1. The molecular formula is C7H12N4O3S. The van der Waals surface area contributed by atoms with Crippen molar-refractivity contribution in [3.8, 4) is 0 Å². The smallest absolute Gasteiger partial charge is 0.271 e. The molecule has 2 N–H and O–H groups in total. The molecule has 84 valence electrons. The number of aromatic nitrogens is 2. The molecule has 1 rings (SSSR count). The van der Waals surface area contributed by atoms with Crippen LogP contribution in [0.2, 0.25) is 0 Å². The number of rotatable bonds is 2. The monoisotopic (exact) mass is 232 g/mol. The van der Waals surface area contributed by atoms with E-state index in [0.717, 1.165) is 6.07 Å². The highest BCUT2D eigenvalue weighted by atomic mass is 32.2. The first-order chi connectivity index (χ1) is 6.73. The van der Waals surface area contributed by atoms with Crippen LogP contribution in [0, 0.1) is 0 Å². The van der Waals surface area contributed by atoms with Crippen LogP contribution in [0.3, 0.4) is 0 Å². The fourth-order valence-electron chi connectivity index (χ4n) is 1.01. The standard InChI is InChI=1S/C7H12N4O3S/c1-10(2)7(12)5-4-6(9-11(5)3)15(8,13)14/h4H,1-3H3,(H2,8,13,14). The second-order valence-corrected chi connectivity index (χ2v) is 4.74. The summed E-state index contributed by atoms with van der Waals surface area (Å²) >= 11 is 0. The third-order valence-electron chi connectivity index (χ3n) is 1.77. The van der Waals surface area contributed by atoms with E-state index in [1.807, 2.05) is 0 Å². The molecule has 0 aliphatic heterocycles. The molecule has 0 fully saturated rings. The van der Waals surface area contributed by atoms with Gasteiger partial charge < -0.3 is 4.90 Å². The van der Waals surface area contributed by atoms with Gasteiger partial charge in [-0.2, -0.15) is 5.10 Å². The molecule has 1 aromatic heterocycles. The highest BCUT2D eigenvalue weighted by Crippen LogP contribution is 2.08. The van der Waals surface area contributed by atoms with Gasteiger partial charge in [-0.3, -0.25) is 9.48 Å². The molecule has 0 spiro atoms. The molecule has 1 aromatic rings. The van der Waals surface area contributed by atoms with Gasteiger partial charge in [0, 0.05) is 27.2 Å². The minimum atomic E-state index is -3.87. The van der Waals surface area contributed by atoms with E-state index >= 15 is 0 Å². The molecule has 0 saturated carbocycles. The Morgan fingerprint density at radius 2 is 2.07 bits per heavy atom. The fourth-order valence-corrected chi connectivity index (χ4v) is 1.52. The molecule has 0 unspecified atom stereocenters. The largest absolute Gasteiger partial charge is 0.343 e. The molecular weight excluding hydrogens is 220 g/mol. The molecule has 1 heterocycles. The molecule has 0 aliphatic rings. The summed E-state index contributed by atoms with van der Waals surface area (Å²) in [7, 11) is 0.734. The molecule has 0 bridgehead atoms. The molecule has 0 saturated heterocycles. The lowest BCUT2D eigenvalue weighted by atomic mass is 10.4. The van der Waals surface area contributed by atoms with E-state index in [2.05, 4.69) is 5.10 Å². The highest BCUT2D eigenvalue weighted by Gasteiger charge is 2.19. The minimum Gasteiger partial charge on any atom is -0.343 e. The Kier molecular flexibility index (Phi) is 2.82. The first-order valence-corrected chi connectivity index (χ1v) is 5.56. The summed E-state index contributed by atoms with van der Waals surface area (Å²) in [5, 5.41) is 8.22. The average molecular weight is 232 g/mol. The van der Waals surface area contributed by atoms with E-state index in [0.29, 0.717) is 0 Å². The van der Waals surface area contributed by atoms with E-state index in [-0.39, 0.29) is 16.6 Å². The lowest BCUT2D eigenvalue weighted by molar-refractivity contribution is 0.0817. The van der Waals surface area contributed by atoms with Crippen molar-refractivity contribution in [2.45, 2.75) is 5.03 Å². The lowest BCUT2D eigenvalue weighted by Crippen LogP contribution is -2.24. The van der Waals surface area contributed by atoms with E-state index in [1.54, 1.807) is 14.1 Å². The summed E-state index contributed by atoms with van der Waals surface area (Å²) in [6.45, 7) is 0. The summed E-state index contributed by atoms with van der Waals surface area (Å²) in [5.74, 6) is -0.333. The first kappa shape index (κ1) is 11.7. The summed E-state index contributed by atoms with van der Waals surface area (Å²) < 4.78 is 23.1. The lowest BCUT2D eigenvalue weighted by Gasteiger charge is -2.08. The third-order valence-corrected chi connectivity index (χ3v) is 2.56. The number of amides is 1. The van der Waals surface area contributed by atoms with Crippen molar-refractivity contribution in [3.05, 3.63) is 11.8 Å². The zero-order valence-electron chi connectivity index (χ0n) is 8.63. The maximum Gasteiger partial charge on any atom is 0.271 e. The number of hydrogen-bond donors (Lipinski definition) is 1. The van der Waals surface area contributed by atoms with Crippen LogP contribution in [-0.2, 0) is 17.1 Å². The van der Waals surface area contributed by atoms with Gasteiger partial charge in [-0.15, -0.1) is 0 Å². The predicted molar refractivity (Wildman–Crippen MR) is 52.6 cm³/mol. The Balaban J connectivity index is 3.25. The Bertz CT molecular complexity index is 488. The van der Waals surface area contributed by atoms with Gasteiger partial charge in [0.15, 0.2) is 5.03 Å². The average Bonchev–Trinajstić information content (AvgIpc) is 2.45. The van der Waals surface area contributed by atoms with Gasteiger partial charge in [-0.25, -0.2) is 13.6 Å². The molecule has 8 heteroatoms. The first-order valence-electron chi connectivity index (χ1n) is 4.02. The normalized spacial score (nSPS) is 11.5. The Morgan fingerprint density at radius 3 is 2.40 bits per heavy atom. The number of carbonyl (C=O) groups is 1. The molecule has 15 heavy (non-hydrogen) atoms. The SMILES string of the molecule is CN(C)C(=O)c1cc(S(N)(=O)=O)nn1C. The summed E-state index contributed by atoms with van der Waals surface area (Å²) in [4.78, 5) is 12.9. The van der Waals surface area contributed by atoms with Gasteiger partial charge >= 0.3 is 0 Å². The van der Waals surface area contributed by atoms with Crippen LogP contribution in [0.4, 0.5) is 0 Å². The van der Waals surface area contributed by atoms with E-state index in [9.17, 15) is 13.2 Å². The highest BCUT2D eigenvalue weighted by molar-refractivity contribution is 7.89. The van der Waals surface area contributed by atoms with Gasteiger partial charge in [-0.1, -0.05) is 0 Å². The topological polar surface area (TPSA) is 98.3 Å². The van der Waals surface area contributed by atoms with Crippen LogP contribution < -0.4 is 5.14 Å². The minimum absolute atomic E-state index is 0.170. The summed E-state index contributed by atoms with van der Waals surface area (Å²) in [6, 6.07) is 1.15. The molecule has 0 atom stereocenters. The Hall–Kier alpha value is -1.41. The van der Waals surface area contributed by atoms with Gasteiger partial charge in [0.05, 0.1) is 0 Å². The second kappa shape index (κ2) is 3.63. The van der Waals surface area contributed by atoms with E-state index < -0.39 is 10.0 Å². The summed E-state index contributed by atoms with van der Waals surface area (Å²) in [6.07, 6.45) is 0. The van der Waals surface area contributed by atoms with Crippen LogP contribution in [0.25, 0.3) is 0 Å². The second-order valence-electron chi connectivity index (χ2n) is 3.24. The number of carbonyl (C=O) groups excluding carboxylic acids is 1. The molecule has 7 nitrogen and oxygen atoms in total. The third kappa shape index (κ3) is 2.34. The van der Waals surface area contributed by atoms with Crippen molar-refractivity contribution in [1.82, 2.24) is 14.7 Å². The number of aryl methyl sites for hydroxylation is 1. The molecule has 0 aliphatic carbocycles. The fraction of sp³-hybridized carbons (Fsp3) is 0.429. The molecule has 1 amide bonds. The maximum atomic E-state index is 11.5. The number of hydrogen-bond acceptors (Lipinski definition) is 4. The van der Waals surface area contributed by atoms with Crippen molar-refractivity contribution in [2.24, 2.45) is 12.2 Å². The van der Waals surface area contributed by atoms with Crippen LogP contribution in [-0.4, -0.2) is 43.1 Å². The van der Waals surface area contributed by atoms with Crippen molar-refractivity contribution in [1.29, 1.82) is 0 Å². The van der Waals surface area contributed by atoms with Gasteiger partial charge in [0.2, 0.25) is 0 Å². The van der Waals surface area contributed by atoms with Crippen LogP contribution >= 0.6 is 0 Å². The Labute approximate surface area is 87.5 Å². The van der Waals surface area contributed by atoms with Crippen LogP contribution in [0.1, 0.15) is 10.5 Å².